The van der Waals surface area contributed by atoms with Gasteiger partial charge in [-0.25, -0.2) is 0 Å². The first-order chi connectivity index (χ1) is 14.1. The van der Waals surface area contributed by atoms with Gasteiger partial charge in [-0.2, -0.15) is 0 Å². The summed E-state index contributed by atoms with van der Waals surface area (Å²) in [6.07, 6.45) is 12.2. The molecule has 3 fully saturated rings. The maximum Gasteiger partial charge on any atom is 0.0608 e. The van der Waals surface area contributed by atoms with Crippen molar-refractivity contribution in [3.8, 4) is 0 Å². The van der Waals surface area contributed by atoms with Gasteiger partial charge >= 0.3 is 0 Å². The molecule has 2 nitrogen and oxygen atoms in total. The van der Waals surface area contributed by atoms with Crippen molar-refractivity contribution >= 4 is 0 Å². The maximum atomic E-state index is 11.6. The first-order valence-electron chi connectivity index (χ1n) is 12.8. The molecule has 3 saturated carbocycles. The normalized spacial score (nSPS) is 46.6. The van der Waals surface area contributed by atoms with E-state index in [0.29, 0.717) is 35.5 Å². The van der Waals surface area contributed by atoms with Gasteiger partial charge in [0.2, 0.25) is 0 Å². The molecule has 2 heteroatoms. The van der Waals surface area contributed by atoms with Gasteiger partial charge in [0.1, 0.15) is 0 Å². The largest absolute Gasteiger partial charge is 0.393 e. The Bertz CT molecular complexity index is 693. The highest BCUT2D eigenvalue weighted by atomic mass is 16.3. The molecule has 30 heavy (non-hydrogen) atoms. The van der Waals surface area contributed by atoms with Crippen molar-refractivity contribution in [2.45, 2.75) is 105 Å². The lowest BCUT2D eigenvalue weighted by atomic mass is 9.47. The molecule has 0 aromatic carbocycles. The van der Waals surface area contributed by atoms with Gasteiger partial charge in [0, 0.05) is 5.41 Å². The van der Waals surface area contributed by atoms with Gasteiger partial charge in [-0.1, -0.05) is 58.4 Å². The Labute approximate surface area is 185 Å². The molecule has 0 aromatic heterocycles. The monoisotopic (exact) mass is 414 g/mol. The van der Waals surface area contributed by atoms with E-state index < -0.39 is 0 Å². The Kier molecular flexibility index (Phi) is 6.08. The number of allylic oxidation sites excluding steroid dienone is 3. The highest BCUT2D eigenvalue weighted by molar-refractivity contribution is 5.29. The summed E-state index contributed by atoms with van der Waals surface area (Å²) in [5.74, 6) is 3.48. The third-order valence-corrected chi connectivity index (χ3v) is 10.7. The number of fused-ring (bicyclic) bond motifs is 5. The number of aliphatic hydroxyl groups excluding tert-OH is 2. The van der Waals surface area contributed by atoms with Crippen LogP contribution in [-0.2, 0) is 0 Å². The zero-order valence-electron chi connectivity index (χ0n) is 20.2. The van der Waals surface area contributed by atoms with E-state index in [1.807, 2.05) is 0 Å². The zero-order chi connectivity index (χ0) is 21.8. The summed E-state index contributed by atoms with van der Waals surface area (Å²) in [4.78, 5) is 0. The van der Waals surface area contributed by atoms with Crippen LogP contribution >= 0.6 is 0 Å². The molecule has 0 radical (unpaired) electrons. The third-order valence-electron chi connectivity index (χ3n) is 10.7. The lowest BCUT2D eigenvalue weighted by Crippen LogP contribution is -2.55. The molecule has 0 aliphatic heterocycles. The van der Waals surface area contributed by atoms with Crippen LogP contribution in [0.25, 0.3) is 0 Å². The van der Waals surface area contributed by atoms with Gasteiger partial charge in [-0.15, -0.1) is 0 Å². The average Bonchev–Trinajstić information content (AvgIpc) is 3.06. The van der Waals surface area contributed by atoms with Crippen molar-refractivity contribution in [3.05, 3.63) is 23.8 Å². The summed E-state index contributed by atoms with van der Waals surface area (Å²) < 4.78 is 0. The second-order valence-electron chi connectivity index (χ2n) is 12.3. The number of aliphatic hydroxyl groups is 2. The van der Waals surface area contributed by atoms with E-state index >= 15 is 0 Å². The SMILES string of the molecule is C=C(CC[C@@H](C)[C@H]1CC[C@H]2C3=CC[C@H]4C[C@@H](O)CC[C@]4(C)[C@H]3C[C@H](O)[C@]12C)C(C)C. The molecule has 0 amide bonds. The van der Waals surface area contributed by atoms with E-state index in [-0.39, 0.29) is 23.0 Å². The smallest absolute Gasteiger partial charge is 0.0608 e. The molecule has 0 bridgehead atoms. The highest BCUT2D eigenvalue weighted by Gasteiger charge is 2.61. The lowest BCUT2D eigenvalue weighted by molar-refractivity contribution is -0.102. The minimum Gasteiger partial charge on any atom is -0.393 e. The van der Waals surface area contributed by atoms with E-state index in [9.17, 15) is 10.2 Å². The average molecular weight is 415 g/mol. The molecule has 170 valence electrons. The predicted molar refractivity (Wildman–Crippen MR) is 125 cm³/mol. The third kappa shape index (κ3) is 3.45. The molecule has 2 N–H and O–H groups in total. The number of hydrogen-bond donors (Lipinski definition) is 2. The van der Waals surface area contributed by atoms with Crippen molar-refractivity contribution < 1.29 is 10.2 Å². The Morgan fingerprint density at radius 3 is 2.53 bits per heavy atom. The topological polar surface area (TPSA) is 40.5 Å². The molecule has 0 aromatic rings. The van der Waals surface area contributed by atoms with Gasteiger partial charge in [-0.05, 0) is 98.7 Å². The Balaban J connectivity index is 1.55. The molecule has 0 spiro atoms. The molecule has 0 heterocycles. The van der Waals surface area contributed by atoms with Crippen molar-refractivity contribution in [1.82, 2.24) is 0 Å². The second kappa shape index (κ2) is 8.07. The summed E-state index contributed by atoms with van der Waals surface area (Å²) in [6, 6.07) is 0. The van der Waals surface area contributed by atoms with Gasteiger partial charge in [-0.3, -0.25) is 0 Å². The van der Waals surface area contributed by atoms with E-state index in [1.54, 1.807) is 5.57 Å². The van der Waals surface area contributed by atoms with E-state index in [4.69, 9.17) is 0 Å². The minimum atomic E-state index is -0.199. The molecular formula is C28H46O2. The predicted octanol–water partition coefficient (Wildman–Crippen LogP) is 6.53. The van der Waals surface area contributed by atoms with Crippen LogP contribution < -0.4 is 0 Å². The number of rotatable bonds is 5. The van der Waals surface area contributed by atoms with Gasteiger partial charge in [0.05, 0.1) is 12.2 Å². The van der Waals surface area contributed by atoms with Crippen molar-refractivity contribution in [2.75, 3.05) is 0 Å². The van der Waals surface area contributed by atoms with E-state index in [0.717, 1.165) is 38.5 Å². The second-order valence-corrected chi connectivity index (χ2v) is 12.3. The van der Waals surface area contributed by atoms with Gasteiger partial charge < -0.3 is 10.2 Å². The summed E-state index contributed by atoms with van der Waals surface area (Å²) in [5, 5.41) is 21.9. The van der Waals surface area contributed by atoms with Crippen LogP contribution in [0.2, 0.25) is 0 Å². The van der Waals surface area contributed by atoms with Gasteiger partial charge in [0.25, 0.3) is 0 Å². The molecule has 4 rings (SSSR count). The van der Waals surface area contributed by atoms with Gasteiger partial charge in [0.15, 0.2) is 0 Å². The summed E-state index contributed by atoms with van der Waals surface area (Å²) in [6.45, 7) is 16.1. The van der Waals surface area contributed by atoms with Crippen LogP contribution in [0, 0.1) is 46.3 Å². The van der Waals surface area contributed by atoms with Crippen molar-refractivity contribution in [1.29, 1.82) is 0 Å². The Morgan fingerprint density at radius 2 is 1.83 bits per heavy atom. The fourth-order valence-corrected chi connectivity index (χ4v) is 8.32. The van der Waals surface area contributed by atoms with E-state index in [2.05, 4.69) is 47.3 Å². The highest BCUT2D eigenvalue weighted by Crippen LogP contribution is 2.67. The van der Waals surface area contributed by atoms with E-state index in [1.165, 1.54) is 24.8 Å². The Hall–Kier alpha value is -0.600. The van der Waals surface area contributed by atoms with Crippen molar-refractivity contribution in [3.63, 3.8) is 0 Å². The van der Waals surface area contributed by atoms with Crippen LogP contribution in [0.1, 0.15) is 92.4 Å². The van der Waals surface area contributed by atoms with Crippen LogP contribution in [0.3, 0.4) is 0 Å². The molecule has 4 aliphatic rings. The van der Waals surface area contributed by atoms with Crippen LogP contribution in [0.4, 0.5) is 0 Å². The molecule has 0 unspecified atom stereocenters. The fraction of sp³-hybridized carbons (Fsp3) is 0.857. The standard InChI is InChI=1S/C28H46O2/c1-17(2)18(3)7-8-19(4)23-11-12-24-22-10-9-20-15-21(29)13-14-27(20,5)25(22)16-26(30)28(23,24)6/h10,17,19-21,23-26,29-30H,3,7-9,11-16H2,1-2,4-6H3/t19-,20+,21+,23-,24+,25+,26+,27+,28-/m1/s1. The molecule has 4 aliphatic carbocycles. The minimum absolute atomic E-state index is 0.0261. The lowest BCUT2D eigenvalue weighted by Gasteiger charge is -2.59. The number of hydrogen-bond acceptors (Lipinski definition) is 2. The summed E-state index contributed by atoms with van der Waals surface area (Å²) in [7, 11) is 0. The maximum absolute atomic E-state index is 11.6. The van der Waals surface area contributed by atoms with Crippen molar-refractivity contribution in [2.24, 2.45) is 46.3 Å². The fourth-order valence-electron chi connectivity index (χ4n) is 8.32. The molecular weight excluding hydrogens is 368 g/mol. The quantitative estimate of drug-likeness (QED) is 0.502. The summed E-state index contributed by atoms with van der Waals surface area (Å²) >= 11 is 0. The summed E-state index contributed by atoms with van der Waals surface area (Å²) in [5.41, 5.74) is 3.36. The van der Waals surface area contributed by atoms with Crippen LogP contribution in [0.5, 0.6) is 0 Å². The first kappa shape index (κ1) is 22.6. The molecule has 0 saturated heterocycles. The van der Waals surface area contributed by atoms with Crippen LogP contribution in [0.15, 0.2) is 23.8 Å². The first-order valence-corrected chi connectivity index (χ1v) is 12.8. The molecule has 9 atom stereocenters. The Morgan fingerprint density at radius 1 is 1.10 bits per heavy atom. The zero-order valence-corrected chi connectivity index (χ0v) is 20.2. The van der Waals surface area contributed by atoms with Crippen LogP contribution in [-0.4, -0.2) is 22.4 Å².